The Morgan fingerprint density at radius 1 is 0.386 bits per heavy atom. The molecular formula is C41H83NO2. The molecule has 0 aliphatic rings. The molecule has 0 rings (SSSR count). The molecule has 0 bridgehead atoms. The predicted octanol–water partition coefficient (Wildman–Crippen LogP) is 14.1. The van der Waals surface area contributed by atoms with Crippen molar-refractivity contribution in [3.63, 3.8) is 0 Å². The number of carboxylic acid groups (broad SMARTS) is 1. The van der Waals surface area contributed by atoms with Crippen LogP contribution >= 0.6 is 0 Å². The van der Waals surface area contributed by atoms with E-state index in [1.807, 2.05) is 0 Å². The van der Waals surface area contributed by atoms with Crippen molar-refractivity contribution in [3.8, 4) is 0 Å². The highest BCUT2D eigenvalue weighted by Gasteiger charge is 2.23. The van der Waals surface area contributed by atoms with Gasteiger partial charge in [-0.25, -0.2) is 0 Å². The van der Waals surface area contributed by atoms with Crippen LogP contribution in [0.25, 0.3) is 0 Å². The first-order chi connectivity index (χ1) is 21.7. The number of carboxylic acids is 1. The lowest BCUT2D eigenvalue weighted by Gasteiger charge is -2.29. The summed E-state index contributed by atoms with van der Waals surface area (Å²) >= 11 is 0. The van der Waals surface area contributed by atoms with E-state index in [-0.39, 0.29) is 6.04 Å². The quantitative estimate of drug-likeness (QED) is 0.0697. The molecule has 1 atom stereocenters. The Morgan fingerprint density at radius 3 is 0.818 bits per heavy atom. The maximum Gasteiger partial charge on any atom is 0.320 e. The van der Waals surface area contributed by atoms with Crippen LogP contribution in [0, 0.1) is 0 Å². The molecule has 0 aliphatic carbocycles. The molecule has 0 spiro atoms. The van der Waals surface area contributed by atoms with Crippen LogP contribution < -0.4 is 0 Å². The van der Waals surface area contributed by atoms with Gasteiger partial charge in [-0.1, -0.05) is 220 Å². The fourth-order valence-electron chi connectivity index (χ4n) is 6.89. The monoisotopic (exact) mass is 622 g/mol. The first-order valence-corrected chi connectivity index (χ1v) is 20.6. The smallest absolute Gasteiger partial charge is 0.320 e. The summed E-state index contributed by atoms with van der Waals surface area (Å²) in [4.78, 5) is 14.4. The minimum Gasteiger partial charge on any atom is -0.480 e. The molecule has 0 aromatic carbocycles. The molecule has 0 saturated heterocycles. The van der Waals surface area contributed by atoms with E-state index in [4.69, 9.17) is 0 Å². The van der Waals surface area contributed by atoms with Crippen molar-refractivity contribution in [2.45, 2.75) is 245 Å². The molecular weight excluding hydrogens is 538 g/mol. The van der Waals surface area contributed by atoms with Gasteiger partial charge in [-0.05, 0) is 32.4 Å². The van der Waals surface area contributed by atoms with Crippen molar-refractivity contribution < 1.29 is 9.90 Å². The van der Waals surface area contributed by atoms with Gasteiger partial charge in [0.05, 0.1) is 0 Å². The standard InChI is InChI=1S/C41H83NO2/c1-4-7-9-11-13-15-17-19-21-23-25-27-29-31-33-35-38-42(40(37-6-3)41(43)44)39-36-34-32-30-28-26-24-22-20-18-16-14-12-10-8-5-2/h40H,4-39H2,1-3H3,(H,43,44). The van der Waals surface area contributed by atoms with Crippen LogP contribution in [0.3, 0.4) is 0 Å². The number of unbranched alkanes of at least 4 members (excludes halogenated alkanes) is 30. The van der Waals surface area contributed by atoms with Crippen LogP contribution in [-0.4, -0.2) is 35.1 Å². The topological polar surface area (TPSA) is 40.5 Å². The predicted molar refractivity (Wildman–Crippen MR) is 197 cm³/mol. The summed E-state index contributed by atoms with van der Waals surface area (Å²) in [7, 11) is 0. The summed E-state index contributed by atoms with van der Waals surface area (Å²) in [5.41, 5.74) is 0. The maximum atomic E-state index is 12.0. The largest absolute Gasteiger partial charge is 0.480 e. The van der Waals surface area contributed by atoms with Crippen molar-refractivity contribution in [3.05, 3.63) is 0 Å². The summed E-state index contributed by atoms with van der Waals surface area (Å²) in [6.45, 7) is 8.64. The van der Waals surface area contributed by atoms with E-state index in [1.54, 1.807) is 0 Å². The molecule has 1 N–H and O–H groups in total. The van der Waals surface area contributed by atoms with Crippen LogP contribution in [0.5, 0.6) is 0 Å². The molecule has 1 unspecified atom stereocenters. The van der Waals surface area contributed by atoms with Gasteiger partial charge in [-0.3, -0.25) is 9.69 Å². The molecule has 3 heteroatoms. The van der Waals surface area contributed by atoms with Crippen LogP contribution in [0.15, 0.2) is 0 Å². The SMILES string of the molecule is CCCCCCCCCCCCCCCCCCN(CCCCCCCCCCCCCCCCCC)C(CCC)C(=O)O. The van der Waals surface area contributed by atoms with Gasteiger partial charge in [0, 0.05) is 0 Å². The number of aliphatic carboxylic acids is 1. The highest BCUT2D eigenvalue weighted by atomic mass is 16.4. The average molecular weight is 622 g/mol. The van der Waals surface area contributed by atoms with Gasteiger partial charge < -0.3 is 5.11 Å². The number of rotatable bonds is 38. The summed E-state index contributed by atoms with van der Waals surface area (Å²) in [6, 6.07) is -0.285. The van der Waals surface area contributed by atoms with Gasteiger partial charge in [-0.2, -0.15) is 0 Å². The van der Waals surface area contributed by atoms with Gasteiger partial charge in [0.2, 0.25) is 0 Å². The fraction of sp³-hybridized carbons (Fsp3) is 0.976. The summed E-state index contributed by atoms with van der Waals surface area (Å²) < 4.78 is 0. The zero-order valence-corrected chi connectivity index (χ0v) is 30.8. The number of carbonyl (C=O) groups is 1. The van der Waals surface area contributed by atoms with E-state index in [1.165, 1.54) is 193 Å². The lowest BCUT2D eigenvalue weighted by atomic mass is 10.0. The van der Waals surface area contributed by atoms with E-state index in [0.29, 0.717) is 0 Å². The highest BCUT2D eigenvalue weighted by molar-refractivity contribution is 5.73. The van der Waals surface area contributed by atoms with Crippen molar-refractivity contribution in [1.29, 1.82) is 0 Å². The lowest BCUT2D eigenvalue weighted by Crippen LogP contribution is -2.42. The van der Waals surface area contributed by atoms with Crippen LogP contribution in [-0.2, 0) is 4.79 Å². The van der Waals surface area contributed by atoms with E-state index in [9.17, 15) is 9.90 Å². The molecule has 0 fully saturated rings. The van der Waals surface area contributed by atoms with Gasteiger partial charge in [0.15, 0.2) is 0 Å². The Hall–Kier alpha value is -0.570. The Kier molecular flexibility index (Phi) is 36.4. The molecule has 0 amide bonds. The second kappa shape index (κ2) is 36.9. The molecule has 264 valence electrons. The first kappa shape index (κ1) is 43.4. The second-order valence-corrected chi connectivity index (χ2v) is 14.3. The second-order valence-electron chi connectivity index (χ2n) is 14.3. The zero-order valence-electron chi connectivity index (χ0n) is 30.8. The van der Waals surface area contributed by atoms with Crippen molar-refractivity contribution >= 4 is 5.97 Å². The molecule has 0 radical (unpaired) electrons. The van der Waals surface area contributed by atoms with E-state index in [0.717, 1.165) is 38.8 Å². The highest BCUT2D eigenvalue weighted by Crippen LogP contribution is 2.17. The number of hydrogen-bond donors (Lipinski definition) is 1. The first-order valence-electron chi connectivity index (χ1n) is 20.6. The maximum absolute atomic E-state index is 12.0. The third-order valence-corrected chi connectivity index (χ3v) is 9.89. The molecule has 3 nitrogen and oxygen atoms in total. The molecule has 0 aromatic rings. The van der Waals surface area contributed by atoms with Crippen molar-refractivity contribution in [2.24, 2.45) is 0 Å². The number of hydrogen-bond acceptors (Lipinski definition) is 2. The van der Waals surface area contributed by atoms with Crippen LogP contribution in [0.4, 0.5) is 0 Å². The number of nitrogens with zero attached hydrogens (tertiary/aromatic N) is 1. The Balaban J connectivity index is 3.80. The lowest BCUT2D eigenvalue weighted by molar-refractivity contribution is -0.143. The van der Waals surface area contributed by atoms with E-state index in [2.05, 4.69) is 25.7 Å². The van der Waals surface area contributed by atoms with Crippen LogP contribution in [0.2, 0.25) is 0 Å². The molecule has 0 aromatic heterocycles. The Bertz CT molecular complexity index is 515. The van der Waals surface area contributed by atoms with Crippen molar-refractivity contribution in [2.75, 3.05) is 13.1 Å². The summed E-state index contributed by atoms with van der Waals surface area (Å²) in [5.74, 6) is -0.611. The van der Waals surface area contributed by atoms with Crippen molar-refractivity contribution in [1.82, 2.24) is 4.90 Å². The van der Waals surface area contributed by atoms with Crippen LogP contribution in [0.1, 0.15) is 239 Å². The third-order valence-electron chi connectivity index (χ3n) is 9.89. The minimum atomic E-state index is -0.611. The van der Waals surface area contributed by atoms with Gasteiger partial charge in [-0.15, -0.1) is 0 Å². The molecule has 44 heavy (non-hydrogen) atoms. The molecule has 0 saturated carbocycles. The van der Waals surface area contributed by atoms with Gasteiger partial charge in [0.25, 0.3) is 0 Å². The minimum absolute atomic E-state index is 0.285. The summed E-state index contributed by atoms with van der Waals surface area (Å²) in [6.07, 6.45) is 46.0. The normalized spacial score (nSPS) is 12.4. The van der Waals surface area contributed by atoms with Gasteiger partial charge in [0.1, 0.15) is 6.04 Å². The molecule has 0 heterocycles. The average Bonchev–Trinajstić information content (AvgIpc) is 3.02. The van der Waals surface area contributed by atoms with E-state index >= 15 is 0 Å². The molecule has 0 aliphatic heterocycles. The Morgan fingerprint density at radius 2 is 0.614 bits per heavy atom. The fourth-order valence-corrected chi connectivity index (χ4v) is 6.89. The summed E-state index contributed by atoms with van der Waals surface area (Å²) in [5, 5.41) is 9.90. The Labute approximate surface area is 278 Å². The zero-order chi connectivity index (χ0) is 32.2. The van der Waals surface area contributed by atoms with E-state index < -0.39 is 5.97 Å². The van der Waals surface area contributed by atoms with Gasteiger partial charge >= 0.3 is 5.97 Å². The third kappa shape index (κ3) is 31.4.